The molecule has 0 bridgehead atoms. The second-order valence-electron chi connectivity index (χ2n) is 13.3. The van der Waals surface area contributed by atoms with Gasteiger partial charge in [-0.05, 0) is 125 Å². The lowest BCUT2D eigenvalue weighted by Gasteiger charge is -2.29. The first-order chi connectivity index (χ1) is 23.4. The van der Waals surface area contributed by atoms with E-state index in [9.17, 15) is 14.4 Å². The Balaban J connectivity index is 1.19. The molecular weight excluding hydrogens is 604 g/mol. The smallest absolute Gasteiger partial charge is 0.343 e. The maximum absolute atomic E-state index is 12.7. The Hall–Kier alpha value is -3.61. The zero-order chi connectivity index (χ0) is 34.4. The topological polar surface area (TPSA) is 88.1 Å². The molecule has 7 nitrogen and oxygen atoms in total. The summed E-state index contributed by atoms with van der Waals surface area (Å²) >= 11 is 0. The van der Waals surface area contributed by atoms with Gasteiger partial charge < -0.3 is 18.9 Å². The lowest BCUT2D eigenvalue weighted by Crippen LogP contribution is -2.13. The summed E-state index contributed by atoms with van der Waals surface area (Å²) in [6.07, 6.45) is 18.0. The Kier molecular flexibility index (Phi) is 18.5. The third-order valence-corrected chi connectivity index (χ3v) is 9.14. The molecule has 0 radical (unpaired) electrons. The number of benzene rings is 2. The van der Waals surface area contributed by atoms with E-state index in [0.29, 0.717) is 49.0 Å². The van der Waals surface area contributed by atoms with E-state index in [4.69, 9.17) is 18.9 Å². The molecular formula is C41H58O7. The number of hydrogen-bond donors (Lipinski definition) is 0. The molecule has 2 aromatic rings. The summed E-state index contributed by atoms with van der Waals surface area (Å²) in [7, 11) is 0. The molecule has 1 saturated carbocycles. The van der Waals surface area contributed by atoms with Crippen LogP contribution < -0.4 is 9.47 Å². The molecule has 0 saturated heterocycles. The number of esters is 3. The van der Waals surface area contributed by atoms with E-state index >= 15 is 0 Å². The summed E-state index contributed by atoms with van der Waals surface area (Å²) in [5, 5.41) is 0. The van der Waals surface area contributed by atoms with Crippen LogP contribution in [0.15, 0.2) is 60.7 Å². The van der Waals surface area contributed by atoms with Crippen molar-refractivity contribution in [3.63, 3.8) is 0 Å². The van der Waals surface area contributed by atoms with Crippen LogP contribution in [0.1, 0.15) is 145 Å². The lowest BCUT2D eigenvalue weighted by atomic mass is 9.77. The Bertz CT molecular complexity index is 1230. The average molecular weight is 663 g/mol. The molecule has 0 N–H and O–H groups in total. The molecule has 1 aliphatic carbocycles. The highest BCUT2D eigenvalue weighted by Gasteiger charge is 2.22. The lowest BCUT2D eigenvalue weighted by molar-refractivity contribution is -0.144. The van der Waals surface area contributed by atoms with Crippen LogP contribution in [0.4, 0.5) is 0 Å². The van der Waals surface area contributed by atoms with Gasteiger partial charge in [-0.2, -0.15) is 0 Å². The molecule has 1 aliphatic rings. The van der Waals surface area contributed by atoms with Crippen LogP contribution in [-0.2, 0) is 19.1 Å². The zero-order valence-corrected chi connectivity index (χ0v) is 29.5. The molecule has 0 heterocycles. The fourth-order valence-corrected chi connectivity index (χ4v) is 6.15. The van der Waals surface area contributed by atoms with Gasteiger partial charge in [0, 0.05) is 12.0 Å². The summed E-state index contributed by atoms with van der Waals surface area (Å²) in [5.74, 6) is 1.92. The fraction of sp³-hybridized carbons (Fsp3) is 0.585. The highest BCUT2D eigenvalue weighted by molar-refractivity contribution is 5.91. The minimum absolute atomic E-state index is 0.155. The molecule has 264 valence electrons. The number of hydrogen-bond acceptors (Lipinski definition) is 7. The molecule has 0 aromatic heterocycles. The first kappa shape index (κ1) is 38.8. The second kappa shape index (κ2) is 22.9. The number of carbonyl (C=O) groups is 3. The monoisotopic (exact) mass is 662 g/mol. The largest absolute Gasteiger partial charge is 0.494 e. The van der Waals surface area contributed by atoms with Gasteiger partial charge in [0.25, 0.3) is 0 Å². The van der Waals surface area contributed by atoms with Gasteiger partial charge in [0.05, 0.1) is 25.4 Å². The molecule has 3 rings (SSSR count). The summed E-state index contributed by atoms with van der Waals surface area (Å²) in [5.41, 5.74) is 2.25. The molecule has 7 heteroatoms. The van der Waals surface area contributed by atoms with Gasteiger partial charge in [-0.1, -0.05) is 64.2 Å². The van der Waals surface area contributed by atoms with Crippen LogP contribution in [0.25, 0.3) is 0 Å². The molecule has 0 atom stereocenters. The van der Waals surface area contributed by atoms with Gasteiger partial charge in [-0.25, -0.2) is 9.59 Å². The van der Waals surface area contributed by atoms with Crippen molar-refractivity contribution >= 4 is 17.9 Å². The standard InChI is InChI=1S/C41H58O7/c1-4-5-10-15-33-17-19-34(20-18-33)35-21-27-38(28-22-35)48-41(44)36-23-25-37(26-24-36)45-29-12-8-9-13-30-46-39(42)16-11-6-7-14-31-47-40(43)32(2)3/h21-28,33-34H,2,4-20,29-31H2,1,3H3. The Morgan fingerprint density at radius 2 is 1.29 bits per heavy atom. The first-order valence-corrected chi connectivity index (χ1v) is 18.4. The van der Waals surface area contributed by atoms with Gasteiger partial charge in [0.2, 0.25) is 0 Å². The van der Waals surface area contributed by atoms with E-state index in [0.717, 1.165) is 63.0 Å². The van der Waals surface area contributed by atoms with E-state index in [1.807, 2.05) is 12.1 Å². The molecule has 0 amide bonds. The normalized spacial score (nSPS) is 15.8. The van der Waals surface area contributed by atoms with E-state index < -0.39 is 0 Å². The number of ether oxygens (including phenoxy) is 4. The van der Waals surface area contributed by atoms with E-state index in [1.165, 1.54) is 56.9 Å². The van der Waals surface area contributed by atoms with Crippen molar-refractivity contribution in [3.05, 3.63) is 71.8 Å². The summed E-state index contributed by atoms with van der Waals surface area (Å²) in [4.78, 5) is 35.9. The predicted octanol–water partition coefficient (Wildman–Crippen LogP) is 10.3. The first-order valence-electron chi connectivity index (χ1n) is 18.4. The second-order valence-corrected chi connectivity index (χ2v) is 13.3. The molecule has 0 unspecified atom stereocenters. The average Bonchev–Trinajstić information content (AvgIpc) is 3.10. The van der Waals surface area contributed by atoms with Crippen LogP contribution in [0.2, 0.25) is 0 Å². The minimum Gasteiger partial charge on any atom is -0.494 e. The maximum Gasteiger partial charge on any atom is 0.343 e. The van der Waals surface area contributed by atoms with Crippen LogP contribution in [0, 0.1) is 5.92 Å². The fourth-order valence-electron chi connectivity index (χ4n) is 6.15. The van der Waals surface area contributed by atoms with E-state index in [2.05, 4.69) is 25.6 Å². The Morgan fingerprint density at radius 3 is 1.94 bits per heavy atom. The zero-order valence-electron chi connectivity index (χ0n) is 29.5. The summed E-state index contributed by atoms with van der Waals surface area (Å²) in [6.45, 7) is 8.87. The summed E-state index contributed by atoms with van der Waals surface area (Å²) < 4.78 is 21.9. The van der Waals surface area contributed by atoms with Gasteiger partial charge in [-0.15, -0.1) is 0 Å². The third kappa shape index (κ3) is 15.5. The van der Waals surface area contributed by atoms with Crippen LogP contribution in [-0.4, -0.2) is 37.7 Å². The van der Waals surface area contributed by atoms with E-state index in [-0.39, 0.29) is 17.9 Å². The third-order valence-electron chi connectivity index (χ3n) is 9.14. The van der Waals surface area contributed by atoms with Crippen LogP contribution >= 0.6 is 0 Å². The van der Waals surface area contributed by atoms with Crippen molar-refractivity contribution in [3.8, 4) is 11.5 Å². The number of carbonyl (C=O) groups excluding carboxylic acids is 3. The van der Waals surface area contributed by atoms with Crippen molar-refractivity contribution < 1.29 is 33.3 Å². The molecule has 0 aliphatic heterocycles. The maximum atomic E-state index is 12.7. The van der Waals surface area contributed by atoms with Crippen LogP contribution in [0.5, 0.6) is 11.5 Å². The molecule has 2 aromatic carbocycles. The Morgan fingerprint density at radius 1 is 0.688 bits per heavy atom. The van der Waals surface area contributed by atoms with Crippen molar-refractivity contribution in [1.29, 1.82) is 0 Å². The quantitative estimate of drug-likeness (QED) is 0.0506. The Labute approximate surface area is 288 Å². The van der Waals surface area contributed by atoms with Crippen molar-refractivity contribution in [2.75, 3.05) is 19.8 Å². The molecule has 48 heavy (non-hydrogen) atoms. The summed E-state index contributed by atoms with van der Waals surface area (Å²) in [6, 6.07) is 15.2. The number of rotatable bonds is 23. The van der Waals surface area contributed by atoms with Crippen molar-refractivity contribution in [2.45, 2.75) is 129 Å². The van der Waals surface area contributed by atoms with Gasteiger partial charge >= 0.3 is 17.9 Å². The van der Waals surface area contributed by atoms with E-state index in [1.54, 1.807) is 31.2 Å². The highest BCUT2D eigenvalue weighted by atomic mass is 16.5. The highest BCUT2D eigenvalue weighted by Crippen LogP contribution is 2.38. The minimum atomic E-state index is -0.374. The number of unbranched alkanes of at least 4 members (excludes halogenated alkanes) is 8. The van der Waals surface area contributed by atoms with Gasteiger partial charge in [-0.3, -0.25) is 4.79 Å². The molecule has 1 fully saturated rings. The molecule has 0 spiro atoms. The van der Waals surface area contributed by atoms with Crippen molar-refractivity contribution in [2.24, 2.45) is 5.92 Å². The van der Waals surface area contributed by atoms with Crippen molar-refractivity contribution in [1.82, 2.24) is 0 Å². The SMILES string of the molecule is C=C(C)C(=O)OCCCCCCC(=O)OCCCCCCOc1ccc(C(=O)Oc2ccc(C3CCC(CCCCC)CC3)cc2)cc1. The predicted molar refractivity (Wildman–Crippen MR) is 190 cm³/mol. The van der Waals surface area contributed by atoms with Crippen LogP contribution in [0.3, 0.4) is 0 Å². The van der Waals surface area contributed by atoms with Gasteiger partial charge in [0.1, 0.15) is 11.5 Å². The van der Waals surface area contributed by atoms with Gasteiger partial charge in [0.15, 0.2) is 0 Å².